The fourth-order valence-corrected chi connectivity index (χ4v) is 2.40. The van der Waals surface area contributed by atoms with Crippen molar-refractivity contribution in [2.45, 2.75) is 38.7 Å². The molecule has 0 aromatic heterocycles. The summed E-state index contributed by atoms with van der Waals surface area (Å²) < 4.78 is 0. The molecule has 1 fully saturated rings. The van der Waals surface area contributed by atoms with Crippen molar-refractivity contribution in [1.29, 1.82) is 0 Å². The Morgan fingerprint density at radius 2 is 2.07 bits per heavy atom. The van der Waals surface area contributed by atoms with Crippen molar-refractivity contribution in [3.8, 4) is 0 Å². The Hall–Kier alpha value is -0.820. The largest absolute Gasteiger partial charge is 0.393 e. The summed E-state index contributed by atoms with van der Waals surface area (Å²) in [4.78, 5) is 0. The van der Waals surface area contributed by atoms with E-state index in [1.54, 1.807) is 0 Å². The van der Waals surface area contributed by atoms with Crippen LogP contribution in [0.5, 0.6) is 0 Å². The first-order valence-electron chi connectivity index (χ1n) is 5.41. The van der Waals surface area contributed by atoms with E-state index in [1.807, 2.05) is 6.07 Å². The second kappa shape index (κ2) is 3.39. The van der Waals surface area contributed by atoms with Gasteiger partial charge in [0.2, 0.25) is 0 Å². The standard InChI is InChI=1S/C13H18O/c1-3-12(14)13(2)9-11(13)10-7-5-4-6-8-10/h4-8,11-12,14H,3,9H2,1-2H3/t11-,12+,13+/m1/s1. The van der Waals surface area contributed by atoms with Crippen LogP contribution in [-0.4, -0.2) is 11.2 Å². The predicted octanol–water partition coefficient (Wildman–Crippen LogP) is 2.95. The van der Waals surface area contributed by atoms with Crippen LogP contribution in [0.3, 0.4) is 0 Å². The molecule has 0 aliphatic heterocycles. The van der Waals surface area contributed by atoms with Gasteiger partial charge in [-0.2, -0.15) is 0 Å². The van der Waals surface area contributed by atoms with Gasteiger partial charge < -0.3 is 5.11 Å². The first-order chi connectivity index (χ1) is 6.68. The highest BCUT2D eigenvalue weighted by Gasteiger charge is 2.54. The zero-order valence-corrected chi connectivity index (χ0v) is 8.90. The molecular formula is C13H18O. The normalized spacial score (nSPS) is 32.6. The average molecular weight is 190 g/mol. The van der Waals surface area contributed by atoms with Gasteiger partial charge in [-0.15, -0.1) is 0 Å². The minimum Gasteiger partial charge on any atom is -0.393 e. The molecule has 0 amide bonds. The monoisotopic (exact) mass is 190 g/mol. The molecule has 1 aliphatic rings. The lowest BCUT2D eigenvalue weighted by Crippen LogP contribution is -2.19. The maximum Gasteiger partial charge on any atom is 0.0597 e. The van der Waals surface area contributed by atoms with Gasteiger partial charge in [0.05, 0.1) is 6.10 Å². The molecule has 0 unspecified atom stereocenters. The molecule has 3 atom stereocenters. The molecule has 1 aromatic carbocycles. The number of hydrogen-bond acceptors (Lipinski definition) is 1. The Labute approximate surface area is 85.8 Å². The molecule has 0 heterocycles. The first-order valence-corrected chi connectivity index (χ1v) is 5.41. The Balaban J connectivity index is 2.12. The molecule has 1 aromatic rings. The molecule has 2 rings (SSSR count). The van der Waals surface area contributed by atoms with Crippen LogP contribution in [0.1, 0.15) is 38.2 Å². The topological polar surface area (TPSA) is 20.2 Å². The summed E-state index contributed by atoms with van der Waals surface area (Å²) in [7, 11) is 0. The van der Waals surface area contributed by atoms with E-state index in [1.165, 1.54) is 5.56 Å². The second-order valence-electron chi connectivity index (χ2n) is 4.60. The van der Waals surface area contributed by atoms with Crippen molar-refractivity contribution in [3.63, 3.8) is 0 Å². The van der Waals surface area contributed by atoms with Gasteiger partial charge in [-0.3, -0.25) is 0 Å². The Bertz CT molecular complexity index is 306. The minimum absolute atomic E-state index is 0.135. The van der Waals surface area contributed by atoms with Crippen molar-refractivity contribution < 1.29 is 5.11 Å². The van der Waals surface area contributed by atoms with E-state index < -0.39 is 0 Å². The summed E-state index contributed by atoms with van der Waals surface area (Å²) >= 11 is 0. The van der Waals surface area contributed by atoms with Gasteiger partial charge in [0.25, 0.3) is 0 Å². The van der Waals surface area contributed by atoms with Crippen LogP contribution in [0.4, 0.5) is 0 Å². The summed E-state index contributed by atoms with van der Waals surface area (Å²) in [6.07, 6.45) is 1.85. The quantitative estimate of drug-likeness (QED) is 0.777. The van der Waals surface area contributed by atoms with Crippen LogP contribution in [0.25, 0.3) is 0 Å². The highest BCUT2D eigenvalue weighted by molar-refractivity contribution is 5.30. The molecule has 0 spiro atoms. The molecule has 76 valence electrons. The highest BCUT2D eigenvalue weighted by atomic mass is 16.3. The lowest BCUT2D eigenvalue weighted by molar-refractivity contribution is 0.0955. The molecule has 14 heavy (non-hydrogen) atoms. The number of benzene rings is 1. The highest BCUT2D eigenvalue weighted by Crippen LogP contribution is 2.61. The van der Waals surface area contributed by atoms with Crippen LogP contribution >= 0.6 is 0 Å². The molecule has 1 N–H and O–H groups in total. The van der Waals surface area contributed by atoms with Gasteiger partial charge in [-0.25, -0.2) is 0 Å². The molecule has 1 nitrogen and oxygen atoms in total. The molecule has 0 saturated heterocycles. The molecule has 1 saturated carbocycles. The van der Waals surface area contributed by atoms with Gasteiger partial charge in [-0.05, 0) is 24.3 Å². The summed E-state index contributed by atoms with van der Waals surface area (Å²) in [5, 5.41) is 9.89. The van der Waals surface area contributed by atoms with E-state index in [2.05, 4.69) is 38.1 Å². The van der Waals surface area contributed by atoms with E-state index in [-0.39, 0.29) is 11.5 Å². The number of aliphatic hydroxyl groups excluding tert-OH is 1. The molecule has 1 heteroatoms. The molecule has 0 bridgehead atoms. The fraction of sp³-hybridized carbons (Fsp3) is 0.538. The maximum absolute atomic E-state index is 9.89. The van der Waals surface area contributed by atoms with Gasteiger partial charge in [-0.1, -0.05) is 44.2 Å². The molecule has 0 radical (unpaired) electrons. The average Bonchev–Trinajstić information content (AvgIpc) is 2.92. The van der Waals surface area contributed by atoms with Crippen LogP contribution in [-0.2, 0) is 0 Å². The third-order valence-corrected chi connectivity index (χ3v) is 3.63. The van der Waals surface area contributed by atoms with E-state index in [0.29, 0.717) is 5.92 Å². The van der Waals surface area contributed by atoms with Crippen LogP contribution in [0, 0.1) is 5.41 Å². The van der Waals surface area contributed by atoms with Crippen LogP contribution in [0.15, 0.2) is 30.3 Å². The van der Waals surface area contributed by atoms with Crippen LogP contribution < -0.4 is 0 Å². The predicted molar refractivity (Wildman–Crippen MR) is 58.2 cm³/mol. The van der Waals surface area contributed by atoms with E-state index in [9.17, 15) is 5.11 Å². The minimum atomic E-state index is -0.146. The molecule has 1 aliphatic carbocycles. The number of hydrogen-bond donors (Lipinski definition) is 1. The smallest absolute Gasteiger partial charge is 0.0597 e. The van der Waals surface area contributed by atoms with E-state index in [4.69, 9.17) is 0 Å². The SMILES string of the molecule is CC[C@H](O)[C@@]1(C)C[C@@H]1c1ccccc1. The van der Waals surface area contributed by atoms with Crippen molar-refractivity contribution in [2.24, 2.45) is 5.41 Å². The number of aliphatic hydroxyl groups is 1. The van der Waals surface area contributed by atoms with Crippen LogP contribution in [0.2, 0.25) is 0 Å². The van der Waals surface area contributed by atoms with Gasteiger partial charge >= 0.3 is 0 Å². The summed E-state index contributed by atoms with van der Waals surface area (Å²) in [5.41, 5.74) is 1.51. The summed E-state index contributed by atoms with van der Waals surface area (Å²) in [6.45, 7) is 4.25. The van der Waals surface area contributed by atoms with Crippen molar-refractivity contribution >= 4 is 0 Å². The van der Waals surface area contributed by atoms with Gasteiger partial charge in [0.15, 0.2) is 0 Å². The van der Waals surface area contributed by atoms with E-state index >= 15 is 0 Å². The van der Waals surface area contributed by atoms with Crippen molar-refractivity contribution in [2.75, 3.05) is 0 Å². The summed E-state index contributed by atoms with van der Waals surface area (Å²) in [6, 6.07) is 10.5. The Kier molecular flexibility index (Phi) is 2.36. The Morgan fingerprint density at radius 3 is 2.64 bits per heavy atom. The first kappa shape index (κ1) is 9.72. The Morgan fingerprint density at radius 1 is 1.43 bits per heavy atom. The lowest BCUT2D eigenvalue weighted by atomic mass is 9.93. The summed E-state index contributed by atoms with van der Waals surface area (Å²) in [5.74, 6) is 0.568. The van der Waals surface area contributed by atoms with Crippen molar-refractivity contribution in [3.05, 3.63) is 35.9 Å². The van der Waals surface area contributed by atoms with Crippen molar-refractivity contribution in [1.82, 2.24) is 0 Å². The maximum atomic E-state index is 9.89. The van der Waals surface area contributed by atoms with Gasteiger partial charge in [0, 0.05) is 5.41 Å². The fourth-order valence-electron chi connectivity index (χ4n) is 2.40. The lowest BCUT2D eigenvalue weighted by Gasteiger charge is -2.17. The van der Waals surface area contributed by atoms with Gasteiger partial charge in [0.1, 0.15) is 0 Å². The third kappa shape index (κ3) is 1.46. The second-order valence-corrected chi connectivity index (χ2v) is 4.60. The zero-order valence-electron chi connectivity index (χ0n) is 8.90. The number of rotatable bonds is 3. The third-order valence-electron chi connectivity index (χ3n) is 3.63. The van der Waals surface area contributed by atoms with E-state index in [0.717, 1.165) is 12.8 Å². The molecular weight excluding hydrogens is 172 g/mol. The zero-order chi connectivity index (χ0) is 10.2.